The summed E-state index contributed by atoms with van der Waals surface area (Å²) in [4.78, 5) is 25.1. The number of nitrogens with zero attached hydrogens (tertiary/aromatic N) is 2. The molecule has 1 amide bonds. The van der Waals surface area contributed by atoms with E-state index in [0.29, 0.717) is 23.6 Å². The van der Waals surface area contributed by atoms with E-state index >= 15 is 0 Å². The van der Waals surface area contributed by atoms with Gasteiger partial charge < -0.3 is 9.15 Å². The van der Waals surface area contributed by atoms with Gasteiger partial charge in [0.2, 0.25) is 0 Å². The maximum absolute atomic E-state index is 12.8. The number of rotatable bonds is 5. The monoisotopic (exact) mass is 412 g/mol. The number of furan rings is 1. The predicted octanol–water partition coefficient (Wildman–Crippen LogP) is 4.51. The van der Waals surface area contributed by atoms with Crippen molar-refractivity contribution in [2.75, 3.05) is 6.61 Å². The largest absolute Gasteiger partial charge is 0.467 e. The molecule has 0 fully saturated rings. The van der Waals surface area contributed by atoms with Crippen molar-refractivity contribution >= 4 is 29.2 Å². The van der Waals surface area contributed by atoms with Crippen LogP contribution in [0.1, 0.15) is 43.0 Å². The standard InChI is InChI=1S/C22H21ClN2O4/c23-17-10-8-15(9-11-17)18-13-19(20-7-4-12-28-20)25(24-18)21(26)14-29-22(27)16-5-2-1-3-6-16/h1-2,4,7-12,16,19H,3,5-6,13-14H2/t16-,19-/m1/s1. The van der Waals surface area contributed by atoms with Crippen LogP contribution in [0.15, 0.2) is 64.3 Å². The molecule has 29 heavy (non-hydrogen) atoms. The van der Waals surface area contributed by atoms with Gasteiger partial charge in [0.25, 0.3) is 5.91 Å². The second kappa shape index (κ2) is 8.66. The number of esters is 1. The molecule has 2 heterocycles. The zero-order chi connectivity index (χ0) is 20.2. The second-order valence-corrected chi connectivity index (χ2v) is 7.55. The van der Waals surface area contributed by atoms with Gasteiger partial charge in [-0.2, -0.15) is 5.10 Å². The number of ether oxygens (including phenoxy) is 1. The minimum Gasteiger partial charge on any atom is -0.467 e. The Morgan fingerprint density at radius 3 is 2.72 bits per heavy atom. The minimum absolute atomic E-state index is 0.180. The van der Waals surface area contributed by atoms with Gasteiger partial charge in [-0.3, -0.25) is 9.59 Å². The highest BCUT2D eigenvalue weighted by molar-refractivity contribution is 6.30. The van der Waals surface area contributed by atoms with E-state index in [4.69, 9.17) is 20.8 Å². The van der Waals surface area contributed by atoms with Gasteiger partial charge in [0.15, 0.2) is 6.61 Å². The zero-order valence-corrected chi connectivity index (χ0v) is 16.5. The molecule has 0 saturated carbocycles. The smallest absolute Gasteiger partial charge is 0.309 e. The third-order valence-corrected chi connectivity index (χ3v) is 5.41. The molecule has 2 atom stereocenters. The molecule has 4 rings (SSSR count). The van der Waals surface area contributed by atoms with Gasteiger partial charge in [0.1, 0.15) is 11.8 Å². The average Bonchev–Trinajstić information content (AvgIpc) is 3.43. The maximum Gasteiger partial charge on any atom is 0.309 e. The van der Waals surface area contributed by atoms with Gasteiger partial charge in [-0.25, -0.2) is 5.01 Å². The Balaban J connectivity index is 1.48. The number of benzene rings is 1. The number of carbonyl (C=O) groups excluding carboxylic acids is 2. The number of hydrogen-bond acceptors (Lipinski definition) is 5. The predicted molar refractivity (Wildman–Crippen MR) is 108 cm³/mol. The molecule has 1 aliphatic carbocycles. The fourth-order valence-corrected chi connectivity index (χ4v) is 3.71. The molecule has 0 unspecified atom stereocenters. The van der Waals surface area contributed by atoms with E-state index in [1.807, 2.05) is 24.3 Å². The quantitative estimate of drug-likeness (QED) is 0.535. The van der Waals surface area contributed by atoms with E-state index in [2.05, 4.69) is 11.2 Å². The first kappa shape index (κ1) is 19.5. The molecule has 1 aromatic heterocycles. The highest BCUT2D eigenvalue weighted by Crippen LogP contribution is 2.33. The van der Waals surface area contributed by atoms with Gasteiger partial charge in [-0.15, -0.1) is 0 Å². The third-order valence-electron chi connectivity index (χ3n) is 5.16. The highest BCUT2D eigenvalue weighted by atomic mass is 35.5. The number of carbonyl (C=O) groups is 2. The first-order valence-electron chi connectivity index (χ1n) is 9.62. The van der Waals surface area contributed by atoms with Crippen LogP contribution in [0.2, 0.25) is 5.02 Å². The van der Waals surface area contributed by atoms with E-state index in [9.17, 15) is 9.59 Å². The molecule has 6 nitrogen and oxygen atoms in total. The highest BCUT2D eigenvalue weighted by Gasteiger charge is 2.35. The number of hydrazone groups is 1. The molecular formula is C22H21ClN2O4. The van der Waals surface area contributed by atoms with E-state index in [-0.39, 0.29) is 30.4 Å². The first-order chi connectivity index (χ1) is 14.1. The summed E-state index contributed by atoms with van der Waals surface area (Å²) < 4.78 is 10.8. The van der Waals surface area contributed by atoms with Crippen molar-refractivity contribution in [1.29, 1.82) is 0 Å². The summed E-state index contributed by atoms with van der Waals surface area (Å²) in [7, 11) is 0. The van der Waals surface area contributed by atoms with Gasteiger partial charge in [0, 0.05) is 11.4 Å². The number of hydrogen-bond donors (Lipinski definition) is 0. The zero-order valence-electron chi connectivity index (χ0n) is 15.8. The summed E-state index contributed by atoms with van der Waals surface area (Å²) in [5, 5.41) is 6.50. The van der Waals surface area contributed by atoms with Crippen molar-refractivity contribution in [3.8, 4) is 0 Å². The Kier molecular flexibility index (Phi) is 5.81. The Bertz CT molecular complexity index is 934. The molecular weight excluding hydrogens is 392 g/mol. The molecule has 0 saturated heterocycles. The van der Waals surface area contributed by atoms with Crippen LogP contribution in [-0.4, -0.2) is 29.2 Å². The van der Waals surface area contributed by atoms with Crippen molar-refractivity contribution in [2.24, 2.45) is 11.0 Å². The summed E-state index contributed by atoms with van der Waals surface area (Å²) in [5.41, 5.74) is 1.63. The summed E-state index contributed by atoms with van der Waals surface area (Å²) in [6, 6.07) is 10.5. The van der Waals surface area contributed by atoms with Crippen LogP contribution in [0.5, 0.6) is 0 Å². The van der Waals surface area contributed by atoms with Crippen molar-refractivity contribution in [1.82, 2.24) is 5.01 Å². The summed E-state index contributed by atoms with van der Waals surface area (Å²) in [6.07, 6.45) is 8.37. The van der Waals surface area contributed by atoms with E-state index in [0.717, 1.165) is 24.1 Å². The van der Waals surface area contributed by atoms with Gasteiger partial charge in [-0.05, 0) is 49.1 Å². The van der Waals surface area contributed by atoms with Gasteiger partial charge >= 0.3 is 5.97 Å². The molecule has 0 N–H and O–H groups in total. The Hall–Kier alpha value is -2.86. The topological polar surface area (TPSA) is 72.1 Å². The summed E-state index contributed by atoms with van der Waals surface area (Å²) >= 11 is 5.97. The Morgan fingerprint density at radius 1 is 1.21 bits per heavy atom. The lowest BCUT2D eigenvalue weighted by Gasteiger charge is -2.21. The van der Waals surface area contributed by atoms with Crippen LogP contribution in [-0.2, 0) is 14.3 Å². The molecule has 0 bridgehead atoms. The fraction of sp³-hybridized carbons (Fsp3) is 0.318. The molecule has 1 aromatic carbocycles. The second-order valence-electron chi connectivity index (χ2n) is 7.12. The summed E-state index contributed by atoms with van der Waals surface area (Å²) in [6.45, 7) is -0.340. The first-order valence-corrected chi connectivity index (χ1v) is 10.00. The van der Waals surface area contributed by atoms with Crippen molar-refractivity contribution in [2.45, 2.75) is 31.7 Å². The van der Waals surface area contributed by atoms with Crippen molar-refractivity contribution in [3.05, 3.63) is 71.2 Å². The van der Waals surface area contributed by atoms with Crippen LogP contribution >= 0.6 is 11.6 Å². The van der Waals surface area contributed by atoms with Crippen LogP contribution in [0.3, 0.4) is 0 Å². The van der Waals surface area contributed by atoms with Crippen LogP contribution in [0.4, 0.5) is 0 Å². The lowest BCUT2D eigenvalue weighted by Crippen LogP contribution is -2.32. The molecule has 1 aliphatic heterocycles. The molecule has 2 aliphatic rings. The SMILES string of the molecule is O=C(OCC(=O)N1N=C(c2ccc(Cl)cc2)C[C@@H]1c1ccco1)[C@@H]1CC=CCC1. The van der Waals surface area contributed by atoms with E-state index in [1.54, 1.807) is 24.5 Å². The van der Waals surface area contributed by atoms with E-state index in [1.165, 1.54) is 5.01 Å². The number of allylic oxidation sites excluding steroid dienone is 2. The third kappa shape index (κ3) is 4.43. The van der Waals surface area contributed by atoms with Crippen molar-refractivity contribution in [3.63, 3.8) is 0 Å². The maximum atomic E-state index is 12.8. The lowest BCUT2D eigenvalue weighted by molar-refractivity contribution is -0.156. The lowest BCUT2D eigenvalue weighted by atomic mass is 9.95. The van der Waals surface area contributed by atoms with E-state index < -0.39 is 0 Å². The van der Waals surface area contributed by atoms with Gasteiger partial charge in [0.05, 0.1) is 17.9 Å². The average molecular weight is 413 g/mol. The fourth-order valence-electron chi connectivity index (χ4n) is 3.58. The minimum atomic E-state index is -0.380. The van der Waals surface area contributed by atoms with Crippen LogP contribution in [0, 0.1) is 5.92 Å². The molecule has 0 spiro atoms. The number of amides is 1. The number of halogens is 1. The summed E-state index contributed by atoms with van der Waals surface area (Å²) in [5.74, 6) is -0.261. The molecule has 7 heteroatoms. The van der Waals surface area contributed by atoms with Gasteiger partial charge in [-0.1, -0.05) is 35.9 Å². The Labute approximate surface area is 173 Å². The van der Waals surface area contributed by atoms with Crippen LogP contribution < -0.4 is 0 Å². The normalized spacial score (nSPS) is 21.1. The Morgan fingerprint density at radius 2 is 2.03 bits per heavy atom. The van der Waals surface area contributed by atoms with Crippen LogP contribution in [0.25, 0.3) is 0 Å². The molecule has 150 valence electrons. The molecule has 2 aromatic rings. The van der Waals surface area contributed by atoms with Crippen molar-refractivity contribution < 1.29 is 18.7 Å². The molecule has 0 radical (unpaired) electrons.